The van der Waals surface area contributed by atoms with Crippen LogP contribution in [0.3, 0.4) is 0 Å². The number of fused-ring (bicyclic) bond motifs is 1. The number of carbonyl (C=O) groups excluding carboxylic acids is 1. The highest BCUT2D eigenvalue weighted by Crippen LogP contribution is 2.28. The van der Waals surface area contributed by atoms with Gasteiger partial charge in [0.2, 0.25) is 0 Å². The van der Waals surface area contributed by atoms with E-state index in [9.17, 15) is 4.79 Å². The van der Waals surface area contributed by atoms with Crippen LogP contribution in [0.1, 0.15) is 10.5 Å². The largest absolute Gasteiger partial charge is 0.296 e. The second-order valence-corrected chi connectivity index (χ2v) is 3.64. The molecule has 0 amide bonds. The Balaban J connectivity index is 2.93. The molecule has 0 saturated carbocycles. The number of benzene rings is 1. The van der Waals surface area contributed by atoms with Gasteiger partial charge in [0.1, 0.15) is 5.69 Å². The van der Waals surface area contributed by atoms with Crippen molar-refractivity contribution in [2.45, 2.75) is 0 Å². The van der Waals surface area contributed by atoms with E-state index in [1.165, 1.54) is 0 Å². The van der Waals surface area contributed by atoms with Crippen LogP contribution in [0.4, 0.5) is 0 Å². The average molecular weight is 226 g/mol. The minimum atomic E-state index is 0.337. The van der Waals surface area contributed by atoms with Gasteiger partial charge in [-0.25, -0.2) is 0 Å². The van der Waals surface area contributed by atoms with Crippen molar-refractivity contribution in [3.63, 3.8) is 0 Å². The molecular weight excluding hydrogens is 221 g/mol. The molecule has 0 atom stereocenters. The lowest BCUT2D eigenvalue weighted by molar-refractivity contribution is 0.112. The number of hydrogen-bond acceptors (Lipinski definition) is 2. The van der Waals surface area contributed by atoms with Crippen LogP contribution in [-0.4, -0.2) is 11.3 Å². The number of nitrogens with zero attached hydrogens (tertiary/aromatic N) is 1. The Hall–Kier alpha value is -1.12. The molecule has 0 saturated heterocycles. The fourth-order valence-corrected chi connectivity index (χ4v) is 1.95. The van der Waals surface area contributed by atoms with Crippen molar-refractivity contribution in [3.05, 3.63) is 40.1 Å². The maximum Gasteiger partial charge on any atom is 0.169 e. The number of aldehydes is 1. The first-order valence-corrected chi connectivity index (χ1v) is 4.67. The van der Waals surface area contributed by atoms with E-state index >= 15 is 0 Å². The fraction of sp³-hybridized carbons (Fsp3) is 0. The molecule has 0 aliphatic heterocycles. The second kappa shape index (κ2) is 3.56. The van der Waals surface area contributed by atoms with E-state index in [0.717, 1.165) is 5.39 Å². The molecular formula is C10H5Cl2NO. The van der Waals surface area contributed by atoms with Gasteiger partial charge in [-0.15, -0.1) is 0 Å². The lowest BCUT2D eigenvalue weighted by atomic mass is 10.1. The molecule has 0 unspecified atom stereocenters. The fourth-order valence-electron chi connectivity index (χ4n) is 1.35. The van der Waals surface area contributed by atoms with Gasteiger partial charge in [0, 0.05) is 16.6 Å². The number of hydrogen-bond donors (Lipinski definition) is 0. The molecule has 2 aromatic rings. The monoisotopic (exact) mass is 225 g/mol. The highest BCUT2D eigenvalue weighted by molar-refractivity contribution is 6.39. The van der Waals surface area contributed by atoms with Crippen LogP contribution < -0.4 is 0 Å². The molecule has 0 N–H and O–H groups in total. The van der Waals surface area contributed by atoms with Crippen molar-refractivity contribution in [1.29, 1.82) is 0 Å². The van der Waals surface area contributed by atoms with Crippen LogP contribution in [0.25, 0.3) is 10.8 Å². The van der Waals surface area contributed by atoms with E-state index in [0.29, 0.717) is 27.4 Å². The third-order valence-corrected chi connectivity index (χ3v) is 2.44. The Labute approximate surface area is 90.5 Å². The van der Waals surface area contributed by atoms with Gasteiger partial charge in [-0.3, -0.25) is 9.78 Å². The summed E-state index contributed by atoms with van der Waals surface area (Å²) in [5.74, 6) is 0. The molecule has 0 radical (unpaired) electrons. The van der Waals surface area contributed by atoms with E-state index in [4.69, 9.17) is 23.2 Å². The van der Waals surface area contributed by atoms with Crippen LogP contribution in [0.5, 0.6) is 0 Å². The molecule has 0 fully saturated rings. The van der Waals surface area contributed by atoms with E-state index in [2.05, 4.69) is 4.98 Å². The van der Waals surface area contributed by atoms with Gasteiger partial charge in [-0.1, -0.05) is 23.2 Å². The minimum Gasteiger partial charge on any atom is -0.296 e. The molecule has 2 nitrogen and oxygen atoms in total. The van der Waals surface area contributed by atoms with Gasteiger partial charge in [0.25, 0.3) is 0 Å². The number of pyridine rings is 1. The Morgan fingerprint density at radius 3 is 2.79 bits per heavy atom. The van der Waals surface area contributed by atoms with Crippen LogP contribution in [-0.2, 0) is 0 Å². The van der Waals surface area contributed by atoms with E-state index < -0.39 is 0 Å². The third-order valence-electron chi connectivity index (χ3n) is 1.92. The number of rotatable bonds is 1. The van der Waals surface area contributed by atoms with Crippen LogP contribution in [0.15, 0.2) is 24.4 Å². The zero-order chi connectivity index (χ0) is 10.1. The predicted molar refractivity (Wildman–Crippen MR) is 57.2 cm³/mol. The van der Waals surface area contributed by atoms with Crippen molar-refractivity contribution in [3.8, 4) is 0 Å². The zero-order valence-corrected chi connectivity index (χ0v) is 8.51. The summed E-state index contributed by atoms with van der Waals surface area (Å²) in [7, 11) is 0. The first kappa shape index (κ1) is 9.44. The zero-order valence-electron chi connectivity index (χ0n) is 7.00. The molecule has 2 rings (SSSR count). The maximum atomic E-state index is 10.7. The Morgan fingerprint density at radius 1 is 1.29 bits per heavy atom. The summed E-state index contributed by atoms with van der Waals surface area (Å²) in [6.45, 7) is 0. The van der Waals surface area contributed by atoms with Crippen molar-refractivity contribution >= 4 is 40.3 Å². The van der Waals surface area contributed by atoms with Crippen molar-refractivity contribution < 1.29 is 4.79 Å². The molecule has 4 heteroatoms. The smallest absolute Gasteiger partial charge is 0.169 e. The normalized spacial score (nSPS) is 10.4. The molecule has 1 aromatic carbocycles. The summed E-state index contributed by atoms with van der Waals surface area (Å²) in [6.07, 6.45) is 2.24. The van der Waals surface area contributed by atoms with Crippen molar-refractivity contribution in [2.24, 2.45) is 0 Å². The van der Waals surface area contributed by atoms with Crippen molar-refractivity contribution in [1.82, 2.24) is 4.98 Å². The lowest BCUT2D eigenvalue weighted by Crippen LogP contribution is -1.89. The second-order valence-electron chi connectivity index (χ2n) is 2.80. The Morgan fingerprint density at radius 2 is 2.07 bits per heavy atom. The number of halogens is 2. The summed E-state index contributed by atoms with van der Waals surface area (Å²) in [5.41, 5.74) is 0.337. The summed E-state index contributed by atoms with van der Waals surface area (Å²) < 4.78 is 0. The summed E-state index contributed by atoms with van der Waals surface area (Å²) in [4.78, 5) is 14.6. The molecule has 14 heavy (non-hydrogen) atoms. The summed E-state index contributed by atoms with van der Waals surface area (Å²) in [6, 6.07) is 5.11. The molecule has 1 heterocycles. The average Bonchev–Trinajstić information content (AvgIpc) is 2.16. The highest BCUT2D eigenvalue weighted by Gasteiger charge is 2.06. The van der Waals surface area contributed by atoms with Crippen LogP contribution >= 0.6 is 23.2 Å². The SMILES string of the molecule is O=Cc1nccc2cc(Cl)cc(Cl)c12. The van der Waals surface area contributed by atoms with Crippen molar-refractivity contribution in [2.75, 3.05) is 0 Å². The van der Waals surface area contributed by atoms with Gasteiger partial charge < -0.3 is 0 Å². The molecule has 0 aliphatic rings. The van der Waals surface area contributed by atoms with Crippen LogP contribution in [0, 0.1) is 0 Å². The van der Waals surface area contributed by atoms with E-state index in [1.807, 2.05) is 0 Å². The molecule has 0 spiro atoms. The van der Waals surface area contributed by atoms with Gasteiger partial charge >= 0.3 is 0 Å². The topological polar surface area (TPSA) is 30.0 Å². The van der Waals surface area contributed by atoms with E-state index in [-0.39, 0.29) is 0 Å². The quantitative estimate of drug-likeness (QED) is 0.698. The third kappa shape index (κ3) is 1.47. The Kier molecular flexibility index (Phi) is 2.40. The lowest BCUT2D eigenvalue weighted by Gasteiger charge is -2.02. The highest BCUT2D eigenvalue weighted by atomic mass is 35.5. The van der Waals surface area contributed by atoms with Gasteiger partial charge in [0.05, 0.1) is 5.02 Å². The van der Waals surface area contributed by atoms with Gasteiger partial charge in [-0.05, 0) is 23.6 Å². The maximum absolute atomic E-state index is 10.7. The number of aromatic nitrogens is 1. The molecule has 70 valence electrons. The molecule has 0 bridgehead atoms. The van der Waals surface area contributed by atoms with Crippen LogP contribution in [0.2, 0.25) is 10.0 Å². The first-order valence-electron chi connectivity index (χ1n) is 3.91. The standard InChI is InChI=1S/C10H5Cl2NO/c11-7-3-6-1-2-13-9(5-14)10(6)8(12)4-7/h1-5H. The van der Waals surface area contributed by atoms with E-state index in [1.54, 1.807) is 24.4 Å². The molecule has 0 aliphatic carbocycles. The Bertz CT molecular complexity index is 511. The number of carbonyl (C=O) groups is 1. The first-order chi connectivity index (χ1) is 6.72. The molecule has 1 aromatic heterocycles. The van der Waals surface area contributed by atoms with Gasteiger partial charge in [-0.2, -0.15) is 0 Å². The summed E-state index contributed by atoms with van der Waals surface area (Å²) in [5, 5.41) is 2.46. The predicted octanol–water partition coefficient (Wildman–Crippen LogP) is 3.35. The van der Waals surface area contributed by atoms with Gasteiger partial charge in [0.15, 0.2) is 6.29 Å². The summed E-state index contributed by atoms with van der Waals surface area (Å²) >= 11 is 11.8. The minimum absolute atomic E-state index is 0.337.